The van der Waals surface area contributed by atoms with Crippen LogP contribution in [-0.2, 0) is 19.1 Å². The highest BCUT2D eigenvalue weighted by molar-refractivity contribution is 5.88. The molecule has 3 aliphatic rings. The molecule has 0 N–H and O–H groups in total. The van der Waals surface area contributed by atoms with Crippen LogP contribution in [0.15, 0.2) is 12.2 Å². The van der Waals surface area contributed by atoms with Crippen LogP contribution in [0.1, 0.15) is 12.8 Å². The summed E-state index contributed by atoms with van der Waals surface area (Å²) in [7, 11) is 0. The Hall–Kier alpha value is -1.39. The van der Waals surface area contributed by atoms with Gasteiger partial charge in [-0.25, -0.2) is 9.18 Å². The fourth-order valence-electron chi connectivity index (χ4n) is 3.33. The summed E-state index contributed by atoms with van der Waals surface area (Å²) in [4.78, 5) is 22.9. The van der Waals surface area contributed by atoms with Gasteiger partial charge in [-0.3, -0.25) is 4.79 Å². The van der Waals surface area contributed by atoms with Gasteiger partial charge in [-0.15, -0.1) is 0 Å². The van der Waals surface area contributed by atoms with Crippen molar-refractivity contribution in [2.45, 2.75) is 25.0 Å². The molecule has 0 aromatic carbocycles. The van der Waals surface area contributed by atoms with Crippen LogP contribution in [0.2, 0.25) is 0 Å². The maximum Gasteiger partial charge on any atom is 0.336 e. The molecule has 0 radical (unpaired) electrons. The summed E-state index contributed by atoms with van der Waals surface area (Å²) in [5, 5.41) is 0. The van der Waals surface area contributed by atoms with Crippen LogP contribution < -0.4 is 0 Å². The topological polar surface area (TPSA) is 52.6 Å². The SMILES string of the molecule is C=C(CF)C(=O)OC1C2CC3C(=O)OC1C3C2. The van der Waals surface area contributed by atoms with Gasteiger partial charge in [-0.05, 0) is 12.8 Å². The first-order valence-corrected chi connectivity index (χ1v) is 5.77. The van der Waals surface area contributed by atoms with E-state index in [-0.39, 0.29) is 35.4 Å². The molecule has 5 heteroatoms. The number of esters is 2. The number of fused-ring (bicyclic) bond motifs is 1. The van der Waals surface area contributed by atoms with E-state index in [0.717, 1.165) is 12.8 Å². The molecule has 0 spiro atoms. The Balaban J connectivity index is 1.72. The van der Waals surface area contributed by atoms with E-state index >= 15 is 0 Å². The molecule has 5 atom stereocenters. The zero-order chi connectivity index (χ0) is 12.2. The summed E-state index contributed by atoms with van der Waals surface area (Å²) in [6.07, 6.45) is 0.863. The van der Waals surface area contributed by atoms with Gasteiger partial charge in [0, 0.05) is 11.8 Å². The molecule has 92 valence electrons. The molecule has 0 aromatic heterocycles. The maximum atomic E-state index is 12.3. The fourth-order valence-corrected chi connectivity index (χ4v) is 3.33. The monoisotopic (exact) mass is 240 g/mol. The third-order valence-corrected chi connectivity index (χ3v) is 4.11. The molecule has 1 saturated heterocycles. The van der Waals surface area contributed by atoms with E-state index in [0.29, 0.717) is 0 Å². The average molecular weight is 240 g/mol. The minimum atomic E-state index is -0.910. The van der Waals surface area contributed by atoms with Crippen LogP contribution in [0, 0.1) is 17.8 Å². The van der Waals surface area contributed by atoms with Crippen LogP contribution in [0.3, 0.4) is 0 Å². The Labute approximate surface area is 97.8 Å². The minimum Gasteiger partial charge on any atom is -0.458 e. The van der Waals surface area contributed by atoms with Crippen molar-refractivity contribution in [2.75, 3.05) is 6.67 Å². The molecular formula is C12H13FO4. The number of halogens is 1. The van der Waals surface area contributed by atoms with Gasteiger partial charge in [0.15, 0.2) is 0 Å². The van der Waals surface area contributed by atoms with Gasteiger partial charge in [-0.2, -0.15) is 0 Å². The van der Waals surface area contributed by atoms with Crippen LogP contribution in [-0.4, -0.2) is 30.8 Å². The summed E-state index contributed by atoms with van der Waals surface area (Å²) >= 11 is 0. The van der Waals surface area contributed by atoms with E-state index in [1.165, 1.54) is 0 Å². The summed E-state index contributed by atoms with van der Waals surface area (Å²) in [6, 6.07) is 0. The largest absolute Gasteiger partial charge is 0.458 e. The predicted molar refractivity (Wildman–Crippen MR) is 54.6 cm³/mol. The zero-order valence-corrected chi connectivity index (χ0v) is 9.23. The van der Waals surface area contributed by atoms with Crippen molar-refractivity contribution in [3.8, 4) is 0 Å². The second-order valence-corrected chi connectivity index (χ2v) is 5.01. The third-order valence-electron chi connectivity index (χ3n) is 4.11. The third kappa shape index (κ3) is 1.41. The van der Waals surface area contributed by atoms with Crippen LogP contribution in [0.4, 0.5) is 4.39 Å². The second kappa shape index (κ2) is 3.55. The lowest BCUT2D eigenvalue weighted by Crippen LogP contribution is -2.36. The molecule has 3 rings (SSSR count). The van der Waals surface area contributed by atoms with Crippen molar-refractivity contribution in [1.29, 1.82) is 0 Å². The van der Waals surface area contributed by atoms with Gasteiger partial charge in [0.25, 0.3) is 0 Å². The van der Waals surface area contributed by atoms with E-state index in [9.17, 15) is 14.0 Å². The predicted octanol–water partition coefficient (Wildman–Crippen LogP) is 1.01. The molecular weight excluding hydrogens is 227 g/mol. The lowest BCUT2D eigenvalue weighted by molar-refractivity contribution is -0.158. The van der Waals surface area contributed by atoms with Gasteiger partial charge < -0.3 is 9.47 Å². The maximum absolute atomic E-state index is 12.3. The molecule has 17 heavy (non-hydrogen) atoms. The van der Waals surface area contributed by atoms with E-state index < -0.39 is 18.7 Å². The second-order valence-electron chi connectivity index (χ2n) is 5.01. The van der Waals surface area contributed by atoms with Gasteiger partial charge in [0.2, 0.25) is 0 Å². The first-order valence-electron chi connectivity index (χ1n) is 5.77. The van der Waals surface area contributed by atoms with Crippen molar-refractivity contribution in [1.82, 2.24) is 0 Å². The van der Waals surface area contributed by atoms with Gasteiger partial charge in [-0.1, -0.05) is 6.58 Å². The smallest absolute Gasteiger partial charge is 0.336 e. The summed E-state index contributed by atoms with van der Waals surface area (Å²) in [5.41, 5.74) is -0.186. The highest BCUT2D eigenvalue weighted by atomic mass is 19.1. The van der Waals surface area contributed by atoms with Crippen LogP contribution in [0.25, 0.3) is 0 Å². The Morgan fingerprint density at radius 3 is 3.00 bits per heavy atom. The molecule has 4 nitrogen and oxygen atoms in total. The molecule has 5 unspecified atom stereocenters. The standard InChI is InChI=1S/C12H13FO4/c1-5(4-13)11(14)16-9-6-2-7-8(3-6)12(15)17-10(7)9/h6-10H,1-4H2. The fraction of sp³-hybridized carbons (Fsp3) is 0.667. The lowest BCUT2D eigenvalue weighted by atomic mass is 9.88. The summed E-state index contributed by atoms with van der Waals surface area (Å²) in [5.74, 6) is -0.541. The van der Waals surface area contributed by atoms with Crippen molar-refractivity contribution in [3.63, 3.8) is 0 Å². The number of carbonyl (C=O) groups is 2. The highest BCUT2D eigenvalue weighted by Gasteiger charge is 2.63. The minimum absolute atomic E-state index is 0.00988. The first kappa shape index (κ1) is 10.7. The normalized spacial score (nSPS) is 41.5. The Morgan fingerprint density at radius 1 is 1.53 bits per heavy atom. The van der Waals surface area contributed by atoms with Gasteiger partial charge >= 0.3 is 11.9 Å². The van der Waals surface area contributed by atoms with Crippen LogP contribution >= 0.6 is 0 Å². The van der Waals surface area contributed by atoms with E-state index in [1.54, 1.807) is 0 Å². The number of rotatable bonds is 3. The number of ether oxygens (including phenoxy) is 2. The van der Waals surface area contributed by atoms with E-state index in [1.807, 2.05) is 0 Å². The molecule has 0 aromatic rings. The molecule has 0 amide bonds. The molecule has 1 aliphatic heterocycles. The number of carbonyl (C=O) groups excluding carboxylic acids is 2. The van der Waals surface area contributed by atoms with Crippen molar-refractivity contribution in [2.24, 2.45) is 17.8 Å². The average Bonchev–Trinajstić information content (AvgIpc) is 2.92. The first-order chi connectivity index (χ1) is 8.11. The summed E-state index contributed by atoms with van der Waals surface area (Å²) in [6.45, 7) is 2.39. The molecule has 2 bridgehead atoms. The zero-order valence-electron chi connectivity index (χ0n) is 9.23. The van der Waals surface area contributed by atoms with Crippen molar-refractivity contribution < 1.29 is 23.5 Å². The summed E-state index contributed by atoms with van der Waals surface area (Å²) < 4.78 is 22.7. The lowest BCUT2D eigenvalue weighted by Gasteiger charge is -2.25. The van der Waals surface area contributed by atoms with Crippen LogP contribution in [0.5, 0.6) is 0 Å². The molecule has 2 aliphatic carbocycles. The Bertz CT molecular complexity index is 405. The van der Waals surface area contributed by atoms with Gasteiger partial charge in [0.1, 0.15) is 18.9 Å². The van der Waals surface area contributed by atoms with E-state index in [4.69, 9.17) is 9.47 Å². The number of hydrogen-bond donors (Lipinski definition) is 0. The van der Waals surface area contributed by atoms with E-state index in [2.05, 4.69) is 6.58 Å². The van der Waals surface area contributed by atoms with Crippen molar-refractivity contribution in [3.05, 3.63) is 12.2 Å². The number of hydrogen-bond acceptors (Lipinski definition) is 4. The molecule has 1 heterocycles. The number of alkyl halides is 1. The molecule has 2 saturated carbocycles. The molecule has 3 fully saturated rings. The highest BCUT2D eigenvalue weighted by Crippen LogP contribution is 2.55. The Morgan fingerprint density at radius 2 is 2.29 bits per heavy atom. The quantitative estimate of drug-likeness (QED) is 0.545. The van der Waals surface area contributed by atoms with Crippen molar-refractivity contribution >= 4 is 11.9 Å². The Kier molecular flexibility index (Phi) is 2.24. The van der Waals surface area contributed by atoms with Gasteiger partial charge in [0.05, 0.1) is 11.5 Å².